The molecule has 1 aliphatic rings. The number of nitrogens with zero attached hydrogens (tertiary/aromatic N) is 2. The molecule has 16 heavy (non-hydrogen) atoms. The van der Waals surface area contributed by atoms with Crippen molar-refractivity contribution in [3.63, 3.8) is 0 Å². The van der Waals surface area contributed by atoms with E-state index < -0.39 is 0 Å². The van der Waals surface area contributed by atoms with Gasteiger partial charge in [0.2, 0.25) is 0 Å². The van der Waals surface area contributed by atoms with Gasteiger partial charge in [-0.1, -0.05) is 6.07 Å². The smallest absolute Gasteiger partial charge is 0.272 e. The molecule has 1 fully saturated rings. The van der Waals surface area contributed by atoms with Crippen molar-refractivity contribution < 1.29 is 4.79 Å². The van der Waals surface area contributed by atoms with Crippen LogP contribution in [-0.2, 0) is 0 Å². The fourth-order valence-electron chi connectivity index (χ4n) is 2.23. The molecule has 1 saturated heterocycles. The van der Waals surface area contributed by atoms with Gasteiger partial charge in [-0.2, -0.15) is 0 Å². The number of carbonyl (C=O) groups is 1. The number of rotatable bonds is 2. The van der Waals surface area contributed by atoms with Crippen LogP contribution in [-0.4, -0.2) is 34.9 Å². The van der Waals surface area contributed by atoms with Crippen LogP contribution in [0.5, 0.6) is 0 Å². The molecule has 2 rings (SSSR count). The summed E-state index contributed by atoms with van der Waals surface area (Å²) < 4.78 is 0. The van der Waals surface area contributed by atoms with Gasteiger partial charge in [0.1, 0.15) is 5.69 Å². The quantitative estimate of drug-likeness (QED) is 0.803. The highest BCUT2D eigenvalue weighted by Crippen LogP contribution is 2.23. The van der Waals surface area contributed by atoms with Gasteiger partial charge in [0.15, 0.2) is 0 Å². The molecule has 0 aromatic carbocycles. The summed E-state index contributed by atoms with van der Waals surface area (Å²) >= 11 is 0. The van der Waals surface area contributed by atoms with Crippen LogP contribution in [0.25, 0.3) is 0 Å². The average molecular weight is 219 g/mol. The molecule has 0 radical (unpaired) electrons. The molecule has 4 heteroatoms. The highest BCUT2D eigenvalue weighted by atomic mass is 16.2. The Morgan fingerprint density at radius 3 is 3.00 bits per heavy atom. The van der Waals surface area contributed by atoms with Gasteiger partial charge in [0.05, 0.1) is 0 Å². The fourth-order valence-corrected chi connectivity index (χ4v) is 2.23. The first kappa shape index (κ1) is 11.1. The zero-order chi connectivity index (χ0) is 11.5. The number of aromatic nitrogens is 1. The first-order chi connectivity index (χ1) is 7.72. The predicted octanol–water partition coefficient (Wildman–Crippen LogP) is 0.891. The van der Waals surface area contributed by atoms with Crippen molar-refractivity contribution >= 4 is 5.91 Å². The number of likely N-dealkylation sites (tertiary alicyclic amines) is 1. The summed E-state index contributed by atoms with van der Waals surface area (Å²) in [5, 5.41) is 0. The van der Waals surface area contributed by atoms with E-state index in [0.717, 1.165) is 13.0 Å². The summed E-state index contributed by atoms with van der Waals surface area (Å²) in [5.41, 5.74) is 6.16. The molecule has 86 valence electrons. The van der Waals surface area contributed by atoms with Gasteiger partial charge >= 0.3 is 0 Å². The van der Waals surface area contributed by atoms with Crippen molar-refractivity contribution in [2.24, 2.45) is 11.7 Å². The largest absolute Gasteiger partial charge is 0.334 e. The Bertz CT molecular complexity index is 366. The second-order valence-electron chi connectivity index (χ2n) is 4.36. The summed E-state index contributed by atoms with van der Waals surface area (Å²) in [6, 6.07) is 5.67. The molecule has 2 unspecified atom stereocenters. The molecule has 1 aliphatic heterocycles. The van der Waals surface area contributed by atoms with E-state index in [1.165, 1.54) is 0 Å². The van der Waals surface area contributed by atoms with Crippen LogP contribution < -0.4 is 5.73 Å². The summed E-state index contributed by atoms with van der Waals surface area (Å²) in [5.74, 6) is 0.451. The maximum absolute atomic E-state index is 12.1. The van der Waals surface area contributed by atoms with Crippen molar-refractivity contribution in [3.8, 4) is 0 Å². The summed E-state index contributed by atoms with van der Waals surface area (Å²) in [7, 11) is 0. The summed E-state index contributed by atoms with van der Waals surface area (Å²) in [6.07, 6.45) is 2.64. The topological polar surface area (TPSA) is 59.2 Å². The van der Waals surface area contributed by atoms with Crippen molar-refractivity contribution in [2.45, 2.75) is 19.4 Å². The second-order valence-corrected chi connectivity index (χ2v) is 4.36. The number of carbonyl (C=O) groups excluding carboxylic acids is 1. The van der Waals surface area contributed by atoms with Gasteiger partial charge < -0.3 is 10.6 Å². The Morgan fingerprint density at radius 1 is 1.62 bits per heavy atom. The maximum atomic E-state index is 12.1. The molecule has 2 heterocycles. The maximum Gasteiger partial charge on any atom is 0.272 e. The van der Waals surface area contributed by atoms with E-state index in [9.17, 15) is 4.79 Å². The lowest BCUT2D eigenvalue weighted by Crippen LogP contribution is -2.34. The second kappa shape index (κ2) is 4.61. The van der Waals surface area contributed by atoms with Crippen LogP contribution in [0.1, 0.15) is 23.8 Å². The molecule has 0 bridgehead atoms. The van der Waals surface area contributed by atoms with Crippen LogP contribution in [0.3, 0.4) is 0 Å². The van der Waals surface area contributed by atoms with Gasteiger partial charge in [0, 0.05) is 18.8 Å². The standard InChI is InChI=1S/C12H17N3O/c1-9-6-10(7-13)8-15(9)12(16)11-4-2-3-5-14-11/h2-5,9-10H,6-8,13H2,1H3. The fraction of sp³-hybridized carbons (Fsp3) is 0.500. The van der Waals surface area contributed by atoms with Crippen LogP contribution >= 0.6 is 0 Å². The van der Waals surface area contributed by atoms with Gasteiger partial charge in [-0.3, -0.25) is 9.78 Å². The first-order valence-corrected chi connectivity index (χ1v) is 5.64. The minimum absolute atomic E-state index is 0.0176. The average Bonchev–Trinajstić information content (AvgIpc) is 2.71. The molecule has 0 spiro atoms. The van der Waals surface area contributed by atoms with Gasteiger partial charge in [-0.05, 0) is 37.9 Å². The number of pyridine rings is 1. The van der Waals surface area contributed by atoms with E-state index in [4.69, 9.17) is 5.73 Å². The SMILES string of the molecule is CC1CC(CN)CN1C(=O)c1ccccn1. The van der Waals surface area contributed by atoms with Crippen molar-refractivity contribution in [3.05, 3.63) is 30.1 Å². The van der Waals surface area contributed by atoms with Crippen LogP contribution in [0.4, 0.5) is 0 Å². The summed E-state index contributed by atoms with van der Waals surface area (Å²) in [6.45, 7) is 3.47. The van der Waals surface area contributed by atoms with Gasteiger partial charge in [-0.15, -0.1) is 0 Å². The minimum Gasteiger partial charge on any atom is -0.334 e. The molecule has 1 aromatic rings. The van der Waals surface area contributed by atoms with Crippen LogP contribution in [0, 0.1) is 5.92 Å². The van der Waals surface area contributed by atoms with E-state index in [-0.39, 0.29) is 11.9 Å². The lowest BCUT2D eigenvalue weighted by Gasteiger charge is -2.20. The van der Waals surface area contributed by atoms with E-state index in [1.807, 2.05) is 17.0 Å². The lowest BCUT2D eigenvalue weighted by atomic mass is 10.1. The Hall–Kier alpha value is -1.42. The third-order valence-electron chi connectivity index (χ3n) is 3.14. The van der Waals surface area contributed by atoms with E-state index >= 15 is 0 Å². The molecule has 4 nitrogen and oxygen atoms in total. The van der Waals surface area contributed by atoms with Crippen LogP contribution in [0.15, 0.2) is 24.4 Å². The molecule has 0 aliphatic carbocycles. The molecular formula is C12H17N3O. The third-order valence-corrected chi connectivity index (χ3v) is 3.14. The molecule has 1 amide bonds. The molecule has 2 N–H and O–H groups in total. The number of hydrogen-bond acceptors (Lipinski definition) is 3. The van der Waals surface area contributed by atoms with Gasteiger partial charge in [-0.25, -0.2) is 0 Å². The lowest BCUT2D eigenvalue weighted by molar-refractivity contribution is 0.0737. The van der Waals surface area contributed by atoms with E-state index in [2.05, 4.69) is 11.9 Å². The van der Waals surface area contributed by atoms with E-state index in [0.29, 0.717) is 18.2 Å². The highest BCUT2D eigenvalue weighted by Gasteiger charge is 2.32. The van der Waals surface area contributed by atoms with Crippen molar-refractivity contribution in [2.75, 3.05) is 13.1 Å². The van der Waals surface area contributed by atoms with Crippen molar-refractivity contribution in [1.29, 1.82) is 0 Å². The zero-order valence-electron chi connectivity index (χ0n) is 9.47. The number of hydrogen-bond donors (Lipinski definition) is 1. The molecule has 0 saturated carbocycles. The zero-order valence-corrected chi connectivity index (χ0v) is 9.47. The highest BCUT2D eigenvalue weighted by molar-refractivity contribution is 5.92. The number of amides is 1. The van der Waals surface area contributed by atoms with E-state index in [1.54, 1.807) is 12.3 Å². The minimum atomic E-state index is 0.0176. The van der Waals surface area contributed by atoms with Crippen LogP contribution in [0.2, 0.25) is 0 Å². The predicted molar refractivity (Wildman–Crippen MR) is 61.9 cm³/mol. The third kappa shape index (κ3) is 2.07. The number of nitrogens with two attached hydrogens (primary N) is 1. The van der Waals surface area contributed by atoms with Gasteiger partial charge in [0.25, 0.3) is 5.91 Å². The Labute approximate surface area is 95.5 Å². The summed E-state index contributed by atoms with van der Waals surface area (Å²) in [4.78, 5) is 18.1. The molecule has 2 atom stereocenters. The van der Waals surface area contributed by atoms with Crippen molar-refractivity contribution in [1.82, 2.24) is 9.88 Å². The monoisotopic (exact) mass is 219 g/mol. The molecule has 1 aromatic heterocycles. The Kier molecular flexibility index (Phi) is 3.19. The Balaban J connectivity index is 2.11. The Morgan fingerprint density at radius 2 is 2.44 bits per heavy atom. The molecular weight excluding hydrogens is 202 g/mol. The first-order valence-electron chi connectivity index (χ1n) is 5.64. The normalized spacial score (nSPS) is 24.8.